The van der Waals surface area contributed by atoms with Crippen LogP contribution >= 0.6 is 23.2 Å². The molecule has 0 saturated heterocycles. The SMILES string of the molecule is Cc1ccc(Nc2nc(C)nc3oc(-c4ccc(Cl)cc4Cl)nc23)cc1. The van der Waals surface area contributed by atoms with E-state index in [1.54, 1.807) is 25.1 Å². The van der Waals surface area contributed by atoms with Crippen LogP contribution in [0.3, 0.4) is 0 Å². The van der Waals surface area contributed by atoms with Crippen LogP contribution in [0.2, 0.25) is 10.0 Å². The van der Waals surface area contributed by atoms with Crippen LogP contribution < -0.4 is 5.32 Å². The van der Waals surface area contributed by atoms with Gasteiger partial charge in [-0.2, -0.15) is 4.98 Å². The summed E-state index contributed by atoms with van der Waals surface area (Å²) in [7, 11) is 0. The summed E-state index contributed by atoms with van der Waals surface area (Å²) in [5, 5.41) is 4.28. The van der Waals surface area contributed by atoms with Gasteiger partial charge in [0.1, 0.15) is 5.82 Å². The number of anilines is 2. The van der Waals surface area contributed by atoms with Crippen LogP contribution in [0.25, 0.3) is 22.7 Å². The van der Waals surface area contributed by atoms with Crippen LogP contribution in [-0.2, 0) is 0 Å². The first-order valence-corrected chi connectivity index (χ1v) is 8.69. The standard InChI is InChI=1S/C19H14Cl2N4O/c1-10-3-6-13(7-4-10)24-17-16-19(23-11(2)22-17)26-18(25-16)14-8-5-12(20)9-15(14)21/h3-9H,1-2H3,(H,22,23,24). The summed E-state index contributed by atoms with van der Waals surface area (Å²) in [5.41, 5.74) is 3.67. The van der Waals surface area contributed by atoms with Gasteiger partial charge in [-0.3, -0.25) is 0 Å². The predicted molar refractivity (Wildman–Crippen MR) is 104 cm³/mol. The molecule has 26 heavy (non-hydrogen) atoms. The number of hydrogen-bond acceptors (Lipinski definition) is 5. The smallest absolute Gasteiger partial charge is 0.252 e. The number of aryl methyl sites for hydroxylation is 2. The highest BCUT2D eigenvalue weighted by Crippen LogP contribution is 2.33. The molecule has 0 fully saturated rings. The van der Waals surface area contributed by atoms with Crippen molar-refractivity contribution < 1.29 is 4.42 Å². The molecule has 2 aromatic carbocycles. The zero-order valence-corrected chi connectivity index (χ0v) is 15.6. The van der Waals surface area contributed by atoms with Gasteiger partial charge in [0.25, 0.3) is 5.71 Å². The van der Waals surface area contributed by atoms with Crippen molar-refractivity contribution in [2.75, 3.05) is 5.32 Å². The Kier molecular flexibility index (Phi) is 4.26. The highest BCUT2D eigenvalue weighted by atomic mass is 35.5. The minimum Gasteiger partial charge on any atom is -0.417 e. The van der Waals surface area contributed by atoms with E-state index in [4.69, 9.17) is 27.6 Å². The molecule has 130 valence electrons. The minimum absolute atomic E-state index is 0.369. The summed E-state index contributed by atoms with van der Waals surface area (Å²) in [6.45, 7) is 3.84. The summed E-state index contributed by atoms with van der Waals surface area (Å²) in [5.74, 6) is 1.53. The molecular formula is C19H14Cl2N4O. The second-order valence-corrected chi connectivity index (χ2v) is 6.75. The zero-order chi connectivity index (χ0) is 18.3. The molecule has 0 radical (unpaired) electrons. The number of benzene rings is 2. The molecule has 0 aliphatic rings. The topological polar surface area (TPSA) is 63.8 Å². The normalized spacial score (nSPS) is 11.1. The molecule has 4 rings (SSSR count). The fraction of sp³-hybridized carbons (Fsp3) is 0.105. The zero-order valence-electron chi connectivity index (χ0n) is 14.0. The van der Waals surface area contributed by atoms with Gasteiger partial charge in [0, 0.05) is 10.7 Å². The molecule has 0 spiro atoms. The molecule has 0 bridgehead atoms. The van der Waals surface area contributed by atoms with Crippen LogP contribution in [0.15, 0.2) is 46.9 Å². The van der Waals surface area contributed by atoms with Gasteiger partial charge in [0.15, 0.2) is 11.3 Å². The van der Waals surface area contributed by atoms with Crippen LogP contribution in [-0.4, -0.2) is 15.0 Å². The Balaban J connectivity index is 1.81. The van der Waals surface area contributed by atoms with Crippen LogP contribution in [0.4, 0.5) is 11.5 Å². The molecule has 0 amide bonds. The van der Waals surface area contributed by atoms with Gasteiger partial charge in [-0.1, -0.05) is 40.9 Å². The van der Waals surface area contributed by atoms with E-state index >= 15 is 0 Å². The first kappa shape index (κ1) is 16.8. The van der Waals surface area contributed by atoms with E-state index in [-0.39, 0.29) is 0 Å². The van der Waals surface area contributed by atoms with E-state index in [1.807, 2.05) is 31.2 Å². The van der Waals surface area contributed by atoms with Crippen molar-refractivity contribution >= 4 is 45.9 Å². The van der Waals surface area contributed by atoms with Gasteiger partial charge in [-0.15, -0.1) is 0 Å². The molecule has 5 nitrogen and oxygen atoms in total. The molecule has 2 heterocycles. The van der Waals surface area contributed by atoms with Crippen molar-refractivity contribution in [1.82, 2.24) is 15.0 Å². The number of nitrogens with one attached hydrogen (secondary N) is 1. The van der Waals surface area contributed by atoms with Gasteiger partial charge >= 0.3 is 0 Å². The third-order valence-electron chi connectivity index (χ3n) is 3.85. The highest BCUT2D eigenvalue weighted by Gasteiger charge is 2.17. The van der Waals surface area contributed by atoms with Crippen molar-refractivity contribution in [3.05, 3.63) is 63.9 Å². The van der Waals surface area contributed by atoms with Gasteiger partial charge in [-0.05, 0) is 44.2 Å². The van der Waals surface area contributed by atoms with Gasteiger partial charge in [0.2, 0.25) is 5.89 Å². The lowest BCUT2D eigenvalue weighted by molar-refractivity contribution is 0.606. The van der Waals surface area contributed by atoms with Crippen molar-refractivity contribution in [2.24, 2.45) is 0 Å². The third kappa shape index (κ3) is 3.23. The van der Waals surface area contributed by atoms with Crippen molar-refractivity contribution in [3.63, 3.8) is 0 Å². The second kappa shape index (κ2) is 6.59. The van der Waals surface area contributed by atoms with Gasteiger partial charge in [0.05, 0.1) is 10.6 Å². The predicted octanol–water partition coefficient (Wildman–Crippen LogP) is 5.95. The summed E-state index contributed by atoms with van der Waals surface area (Å²) >= 11 is 12.2. The number of halogens is 2. The van der Waals surface area contributed by atoms with E-state index in [1.165, 1.54) is 5.56 Å². The molecule has 0 unspecified atom stereocenters. The van der Waals surface area contributed by atoms with Gasteiger partial charge < -0.3 is 9.73 Å². The van der Waals surface area contributed by atoms with E-state index in [9.17, 15) is 0 Å². The lowest BCUT2D eigenvalue weighted by atomic mass is 10.2. The fourth-order valence-electron chi connectivity index (χ4n) is 2.57. The second-order valence-electron chi connectivity index (χ2n) is 5.91. The first-order chi connectivity index (χ1) is 12.5. The Morgan fingerprint density at radius 1 is 0.923 bits per heavy atom. The number of aromatic nitrogens is 3. The largest absolute Gasteiger partial charge is 0.417 e. The van der Waals surface area contributed by atoms with Crippen LogP contribution in [0.5, 0.6) is 0 Å². The lowest BCUT2D eigenvalue weighted by Crippen LogP contribution is -1.98. The Bertz CT molecular complexity index is 1110. The van der Waals surface area contributed by atoms with E-state index in [2.05, 4.69) is 20.3 Å². The van der Waals surface area contributed by atoms with Crippen LogP contribution in [0, 0.1) is 13.8 Å². The highest BCUT2D eigenvalue weighted by molar-refractivity contribution is 6.36. The van der Waals surface area contributed by atoms with E-state index in [0.717, 1.165) is 5.69 Å². The summed E-state index contributed by atoms with van der Waals surface area (Å²) < 4.78 is 5.82. The Morgan fingerprint density at radius 3 is 2.42 bits per heavy atom. The quantitative estimate of drug-likeness (QED) is 0.472. The molecule has 0 aliphatic heterocycles. The Morgan fingerprint density at radius 2 is 1.69 bits per heavy atom. The maximum Gasteiger partial charge on any atom is 0.252 e. The lowest BCUT2D eigenvalue weighted by Gasteiger charge is -2.06. The van der Waals surface area contributed by atoms with Crippen LogP contribution in [0.1, 0.15) is 11.4 Å². The molecule has 0 saturated carbocycles. The van der Waals surface area contributed by atoms with E-state index < -0.39 is 0 Å². The number of nitrogens with zero attached hydrogens (tertiary/aromatic N) is 3. The average Bonchev–Trinajstić information content (AvgIpc) is 3.00. The molecule has 7 heteroatoms. The summed E-state index contributed by atoms with van der Waals surface area (Å²) in [6, 6.07) is 13.2. The Hall–Kier alpha value is -2.63. The van der Waals surface area contributed by atoms with Crippen molar-refractivity contribution in [3.8, 4) is 11.5 Å². The molecule has 1 N–H and O–H groups in total. The molecular weight excluding hydrogens is 371 g/mol. The van der Waals surface area contributed by atoms with Crippen molar-refractivity contribution in [1.29, 1.82) is 0 Å². The fourth-order valence-corrected chi connectivity index (χ4v) is 3.06. The Labute approximate surface area is 160 Å². The monoisotopic (exact) mass is 384 g/mol. The summed E-state index contributed by atoms with van der Waals surface area (Å²) in [4.78, 5) is 13.3. The van der Waals surface area contributed by atoms with Gasteiger partial charge in [-0.25, -0.2) is 9.97 Å². The maximum absolute atomic E-state index is 6.27. The molecule has 4 aromatic rings. The number of oxazole rings is 1. The minimum atomic E-state index is 0.369. The molecule has 2 aromatic heterocycles. The molecule has 0 atom stereocenters. The number of hydrogen-bond donors (Lipinski definition) is 1. The maximum atomic E-state index is 6.27. The number of rotatable bonds is 3. The third-order valence-corrected chi connectivity index (χ3v) is 4.39. The molecule has 0 aliphatic carbocycles. The average molecular weight is 385 g/mol. The number of fused-ring (bicyclic) bond motifs is 1. The summed E-state index contributed by atoms with van der Waals surface area (Å²) in [6.07, 6.45) is 0. The van der Waals surface area contributed by atoms with E-state index in [0.29, 0.717) is 44.4 Å². The van der Waals surface area contributed by atoms with Crippen molar-refractivity contribution in [2.45, 2.75) is 13.8 Å². The first-order valence-electron chi connectivity index (χ1n) is 7.94.